The van der Waals surface area contributed by atoms with E-state index in [2.05, 4.69) is 25.9 Å². The maximum atomic E-state index is 5.39. The number of hydrogen-bond acceptors (Lipinski definition) is 4. The summed E-state index contributed by atoms with van der Waals surface area (Å²) < 4.78 is 5.59. The fourth-order valence-electron chi connectivity index (χ4n) is 0.793. The number of nitrogens with two attached hydrogens (primary N) is 1. The molecule has 0 fully saturated rings. The highest BCUT2D eigenvalue weighted by molar-refractivity contribution is 9.10. The number of hydrogen-bond donors (Lipinski definition) is 1. The van der Waals surface area contributed by atoms with E-state index in [0.717, 1.165) is 16.6 Å². The minimum Gasteiger partial charge on any atom is -0.467 e. The molecule has 0 amide bonds. The Labute approximate surface area is 79.3 Å². The zero-order valence-corrected chi connectivity index (χ0v) is 8.34. The molecular weight excluding hydrogens is 222 g/mol. The van der Waals surface area contributed by atoms with Gasteiger partial charge in [-0.3, -0.25) is 0 Å². The summed E-state index contributed by atoms with van der Waals surface area (Å²) in [6, 6.07) is 0.364. The van der Waals surface area contributed by atoms with E-state index in [-0.39, 0.29) is 0 Å². The number of ether oxygens (including phenoxy) is 1. The summed E-state index contributed by atoms with van der Waals surface area (Å²) in [4.78, 5) is 8.00. The first-order chi connectivity index (χ1) is 5.77. The molecule has 1 aromatic rings. The average molecular weight is 232 g/mol. The number of nitrogens with zero attached hydrogens (tertiary/aromatic N) is 2. The number of halogens is 1. The Balaban J connectivity index is 2.87. The lowest BCUT2D eigenvalue weighted by atomic mass is 10.2. The lowest BCUT2D eigenvalue weighted by Gasteiger charge is -2.02. The van der Waals surface area contributed by atoms with Crippen LogP contribution in [0.25, 0.3) is 0 Å². The predicted octanol–water partition coefficient (Wildman–Crippen LogP) is 0.749. The topological polar surface area (TPSA) is 61.0 Å². The SMILES string of the molecule is COc1ncc(CCN)c(Br)n1. The Morgan fingerprint density at radius 3 is 2.92 bits per heavy atom. The number of rotatable bonds is 3. The molecule has 5 heteroatoms. The van der Waals surface area contributed by atoms with Crippen molar-refractivity contribution in [2.24, 2.45) is 5.73 Å². The summed E-state index contributed by atoms with van der Waals surface area (Å²) in [5.74, 6) is 0. The van der Waals surface area contributed by atoms with Crippen molar-refractivity contribution >= 4 is 15.9 Å². The van der Waals surface area contributed by atoms with Crippen molar-refractivity contribution in [3.63, 3.8) is 0 Å². The molecule has 0 saturated carbocycles. The quantitative estimate of drug-likeness (QED) is 0.781. The van der Waals surface area contributed by atoms with Gasteiger partial charge in [0, 0.05) is 11.8 Å². The first-order valence-corrected chi connectivity index (χ1v) is 4.32. The third-order valence-electron chi connectivity index (χ3n) is 1.39. The molecule has 0 radical (unpaired) electrons. The molecule has 1 rings (SSSR count). The number of methoxy groups -OCH3 is 1. The Morgan fingerprint density at radius 1 is 1.67 bits per heavy atom. The van der Waals surface area contributed by atoms with Crippen LogP contribution in [0.3, 0.4) is 0 Å². The van der Waals surface area contributed by atoms with E-state index in [9.17, 15) is 0 Å². The van der Waals surface area contributed by atoms with Crippen LogP contribution in [0.1, 0.15) is 5.56 Å². The third-order valence-corrected chi connectivity index (χ3v) is 2.07. The van der Waals surface area contributed by atoms with Crippen molar-refractivity contribution in [2.45, 2.75) is 6.42 Å². The summed E-state index contributed by atoms with van der Waals surface area (Å²) in [6.07, 6.45) is 2.48. The molecule has 0 saturated heterocycles. The molecule has 0 aromatic carbocycles. The molecule has 0 atom stereocenters. The van der Waals surface area contributed by atoms with Gasteiger partial charge >= 0.3 is 6.01 Å². The zero-order valence-electron chi connectivity index (χ0n) is 6.75. The lowest BCUT2D eigenvalue weighted by Crippen LogP contribution is -2.05. The molecule has 2 N–H and O–H groups in total. The molecule has 1 aromatic heterocycles. The third kappa shape index (κ3) is 2.15. The molecule has 4 nitrogen and oxygen atoms in total. The molecule has 0 unspecified atom stereocenters. The van der Waals surface area contributed by atoms with Gasteiger partial charge in [-0.05, 0) is 28.9 Å². The molecule has 0 aliphatic heterocycles. The number of aromatic nitrogens is 2. The summed E-state index contributed by atoms with van der Waals surface area (Å²) >= 11 is 3.30. The van der Waals surface area contributed by atoms with Crippen LogP contribution in [0.15, 0.2) is 10.8 Å². The van der Waals surface area contributed by atoms with Gasteiger partial charge in [0.15, 0.2) is 0 Å². The molecule has 1 heterocycles. The standard InChI is InChI=1S/C7H10BrN3O/c1-12-7-10-4-5(2-3-9)6(8)11-7/h4H,2-3,9H2,1H3. The summed E-state index contributed by atoms with van der Waals surface area (Å²) in [5.41, 5.74) is 6.39. The summed E-state index contributed by atoms with van der Waals surface area (Å²) in [7, 11) is 1.53. The van der Waals surface area contributed by atoms with Gasteiger partial charge in [0.05, 0.1) is 7.11 Å². The van der Waals surface area contributed by atoms with Gasteiger partial charge in [-0.25, -0.2) is 4.98 Å². The van der Waals surface area contributed by atoms with Crippen LogP contribution in [-0.4, -0.2) is 23.6 Å². The molecule has 12 heavy (non-hydrogen) atoms. The Bertz CT molecular complexity index is 267. The van der Waals surface area contributed by atoms with Gasteiger partial charge in [-0.2, -0.15) is 4.98 Å². The monoisotopic (exact) mass is 231 g/mol. The van der Waals surface area contributed by atoms with E-state index >= 15 is 0 Å². The molecule has 0 bridgehead atoms. The largest absolute Gasteiger partial charge is 0.467 e. The maximum Gasteiger partial charge on any atom is 0.317 e. The second-order valence-electron chi connectivity index (χ2n) is 2.21. The van der Waals surface area contributed by atoms with Crippen LogP contribution in [0.2, 0.25) is 0 Å². The van der Waals surface area contributed by atoms with Crippen molar-refractivity contribution in [3.05, 3.63) is 16.4 Å². The van der Waals surface area contributed by atoms with E-state index in [1.807, 2.05) is 0 Å². The summed E-state index contributed by atoms with van der Waals surface area (Å²) in [6.45, 7) is 0.592. The molecule has 0 aliphatic rings. The van der Waals surface area contributed by atoms with Gasteiger partial charge < -0.3 is 10.5 Å². The van der Waals surface area contributed by atoms with Crippen LogP contribution >= 0.6 is 15.9 Å². The van der Waals surface area contributed by atoms with Gasteiger partial charge in [0.25, 0.3) is 0 Å². The van der Waals surface area contributed by atoms with Crippen molar-refractivity contribution < 1.29 is 4.74 Å². The van der Waals surface area contributed by atoms with E-state index < -0.39 is 0 Å². The zero-order chi connectivity index (χ0) is 8.97. The van der Waals surface area contributed by atoms with Crippen LogP contribution in [0, 0.1) is 0 Å². The van der Waals surface area contributed by atoms with Gasteiger partial charge in [-0.1, -0.05) is 0 Å². The Morgan fingerprint density at radius 2 is 2.42 bits per heavy atom. The highest BCUT2D eigenvalue weighted by Crippen LogP contribution is 2.15. The van der Waals surface area contributed by atoms with E-state index in [0.29, 0.717) is 12.6 Å². The molecule has 66 valence electrons. The average Bonchev–Trinajstić information content (AvgIpc) is 2.09. The minimum atomic E-state index is 0.364. The van der Waals surface area contributed by atoms with Crippen molar-refractivity contribution in [3.8, 4) is 6.01 Å². The fourth-order valence-corrected chi connectivity index (χ4v) is 1.24. The Hall–Kier alpha value is -0.680. The Kier molecular flexibility index (Phi) is 3.43. The van der Waals surface area contributed by atoms with E-state index in [1.54, 1.807) is 6.20 Å². The highest BCUT2D eigenvalue weighted by Gasteiger charge is 2.02. The van der Waals surface area contributed by atoms with Crippen LogP contribution in [0.4, 0.5) is 0 Å². The lowest BCUT2D eigenvalue weighted by molar-refractivity contribution is 0.378. The van der Waals surface area contributed by atoms with Crippen molar-refractivity contribution in [1.29, 1.82) is 0 Å². The second kappa shape index (κ2) is 4.37. The van der Waals surface area contributed by atoms with E-state index in [1.165, 1.54) is 7.11 Å². The van der Waals surface area contributed by atoms with Gasteiger partial charge in [0.1, 0.15) is 4.60 Å². The minimum absolute atomic E-state index is 0.364. The second-order valence-corrected chi connectivity index (χ2v) is 2.96. The molecular formula is C7H10BrN3O. The molecule has 0 aliphatic carbocycles. The fraction of sp³-hybridized carbons (Fsp3) is 0.429. The van der Waals surface area contributed by atoms with Crippen molar-refractivity contribution in [2.75, 3.05) is 13.7 Å². The van der Waals surface area contributed by atoms with Gasteiger partial charge in [-0.15, -0.1) is 0 Å². The molecule has 0 spiro atoms. The van der Waals surface area contributed by atoms with Crippen molar-refractivity contribution in [1.82, 2.24) is 9.97 Å². The first kappa shape index (κ1) is 9.41. The summed E-state index contributed by atoms with van der Waals surface area (Å²) in [5, 5.41) is 0. The van der Waals surface area contributed by atoms with E-state index in [4.69, 9.17) is 10.5 Å². The first-order valence-electron chi connectivity index (χ1n) is 3.53. The maximum absolute atomic E-state index is 5.39. The highest BCUT2D eigenvalue weighted by atomic mass is 79.9. The predicted molar refractivity (Wildman–Crippen MR) is 49.0 cm³/mol. The smallest absolute Gasteiger partial charge is 0.317 e. The van der Waals surface area contributed by atoms with Crippen LogP contribution in [0.5, 0.6) is 6.01 Å². The van der Waals surface area contributed by atoms with Gasteiger partial charge in [0.2, 0.25) is 0 Å². The van der Waals surface area contributed by atoms with Crippen LogP contribution in [-0.2, 0) is 6.42 Å². The van der Waals surface area contributed by atoms with Crippen LogP contribution < -0.4 is 10.5 Å². The normalized spacial score (nSPS) is 9.92.